The summed E-state index contributed by atoms with van der Waals surface area (Å²) < 4.78 is 27.0. The highest BCUT2D eigenvalue weighted by Crippen LogP contribution is 2.23. The fourth-order valence-electron chi connectivity index (χ4n) is 1.30. The maximum Gasteiger partial charge on any atom is 0.221 e. The van der Waals surface area contributed by atoms with E-state index in [9.17, 15) is 13.6 Å². The quantitative estimate of drug-likeness (QED) is 0.878. The Hall–Kier alpha value is -1.17. The topological polar surface area (TPSA) is 41.1 Å². The highest BCUT2D eigenvalue weighted by molar-refractivity contribution is 9.10. The van der Waals surface area contributed by atoms with Gasteiger partial charge in [-0.05, 0) is 19.1 Å². The molecule has 0 saturated heterocycles. The van der Waals surface area contributed by atoms with Gasteiger partial charge in [0, 0.05) is 24.0 Å². The molecule has 0 unspecified atom stereocenters. The van der Waals surface area contributed by atoms with E-state index in [0.29, 0.717) is 11.0 Å². The van der Waals surface area contributed by atoms with E-state index >= 15 is 0 Å². The predicted molar refractivity (Wildman–Crippen MR) is 65.8 cm³/mol. The van der Waals surface area contributed by atoms with Gasteiger partial charge in [0.25, 0.3) is 0 Å². The van der Waals surface area contributed by atoms with E-state index < -0.39 is 11.6 Å². The third kappa shape index (κ3) is 4.30. The van der Waals surface area contributed by atoms with Crippen LogP contribution < -0.4 is 10.6 Å². The van der Waals surface area contributed by atoms with Crippen molar-refractivity contribution < 1.29 is 13.6 Å². The van der Waals surface area contributed by atoms with Crippen LogP contribution in [0.25, 0.3) is 0 Å². The van der Waals surface area contributed by atoms with Crippen molar-refractivity contribution in [2.24, 2.45) is 0 Å². The van der Waals surface area contributed by atoms with Crippen LogP contribution in [0.15, 0.2) is 16.6 Å². The minimum absolute atomic E-state index is 0.155. The van der Waals surface area contributed by atoms with Gasteiger partial charge in [0.2, 0.25) is 5.91 Å². The van der Waals surface area contributed by atoms with Gasteiger partial charge in [0.1, 0.15) is 17.3 Å². The number of nitrogens with one attached hydrogen (secondary N) is 2. The Labute approximate surface area is 107 Å². The van der Waals surface area contributed by atoms with Crippen molar-refractivity contribution in [3.05, 3.63) is 28.2 Å². The first-order valence-electron chi connectivity index (χ1n) is 5.19. The first-order chi connectivity index (χ1) is 8.04. The van der Waals surface area contributed by atoms with E-state index in [0.717, 1.165) is 12.1 Å². The second-order valence-electron chi connectivity index (χ2n) is 3.37. The fourth-order valence-corrected chi connectivity index (χ4v) is 1.70. The van der Waals surface area contributed by atoms with Crippen LogP contribution >= 0.6 is 15.9 Å². The van der Waals surface area contributed by atoms with Crippen LogP contribution in [-0.2, 0) is 4.79 Å². The zero-order chi connectivity index (χ0) is 12.8. The Balaban J connectivity index is 2.55. The van der Waals surface area contributed by atoms with E-state index in [-0.39, 0.29) is 24.6 Å². The van der Waals surface area contributed by atoms with Gasteiger partial charge in [-0.25, -0.2) is 8.78 Å². The number of hydrogen-bond acceptors (Lipinski definition) is 2. The van der Waals surface area contributed by atoms with Crippen LogP contribution in [0.5, 0.6) is 0 Å². The van der Waals surface area contributed by atoms with Crippen LogP contribution in [-0.4, -0.2) is 19.0 Å². The molecule has 2 N–H and O–H groups in total. The standard InChI is InChI=1S/C11H13BrF2N2O/c1-2-15-10(17)3-4-16-11-8(13)5-7(12)6-9(11)14/h5-6,16H,2-4H2,1H3,(H,15,17). The molecule has 0 bridgehead atoms. The number of carbonyl (C=O) groups is 1. The number of halogens is 3. The summed E-state index contributed by atoms with van der Waals surface area (Å²) in [7, 11) is 0. The molecule has 0 atom stereocenters. The van der Waals surface area contributed by atoms with E-state index in [2.05, 4.69) is 26.6 Å². The third-order valence-electron chi connectivity index (χ3n) is 2.03. The Morgan fingerprint density at radius 2 is 1.94 bits per heavy atom. The van der Waals surface area contributed by atoms with Crippen LogP contribution in [0, 0.1) is 11.6 Å². The molecule has 0 aliphatic carbocycles. The molecule has 1 amide bonds. The highest BCUT2D eigenvalue weighted by atomic mass is 79.9. The summed E-state index contributed by atoms with van der Waals surface area (Å²) >= 11 is 2.99. The Morgan fingerprint density at radius 1 is 1.35 bits per heavy atom. The van der Waals surface area contributed by atoms with Gasteiger partial charge in [-0.2, -0.15) is 0 Å². The average molecular weight is 307 g/mol. The second kappa shape index (κ2) is 6.54. The summed E-state index contributed by atoms with van der Waals surface area (Å²) in [5.41, 5.74) is -0.211. The minimum Gasteiger partial charge on any atom is -0.380 e. The monoisotopic (exact) mass is 306 g/mol. The molecule has 17 heavy (non-hydrogen) atoms. The molecule has 6 heteroatoms. The van der Waals surface area contributed by atoms with Crippen molar-refractivity contribution in [2.75, 3.05) is 18.4 Å². The number of amides is 1. The van der Waals surface area contributed by atoms with Crippen molar-refractivity contribution in [1.29, 1.82) is 0 Å². The molecule has 3 nitrogen and oxygen atoms in total. The van der Waals surface area contributed by atoms with Crippen LogP contribution in [0.3, 0.4) is 0 Å². The molecule has 0 heterocycles. The Bertz CT molecular complexity index is 389. The summed E-state index contributed by atoms with van der Waals surface area (Å²) in [4.78, 5) is 11.1. The van der Waals surface area contributed by atoms with E-state index in [1.165, 1.54) is 0 Å². The number of anilines is 1. The van der Waals surface area contributed by atoms with Crippen molar-refractivity contribution in [3.8, 4) is 0 Å². The summed E-state index contributed by atoms with van der Waals surface area (Å²) in [5.74, 6) is -1.53. The van der Waals surface area contributed by atoms with Crippen molar-refractivity contribution in [2.45, 2.75) is 13.3 Å². The van der Waals surface area contributed by atoms with Gasteiger partial charge in [0.05, 0.1) is 0 Å². The van der Waals surface area contributed by atoms with Gasteiger partial charge in [-0.3, -0.25) is 4.79 Å². The smallest absolute Gasteiger partial charge is 0.221 e. The van der Waals surface area contributed by atoms with Crippen molar-refractivity contribution in [1.82, 2.24) is 5.32 Å². The van der Waals surface area contributed by atoms with E-state index in [4.69, 9.17) is 0 Å². The summed E-state index contributed by atoms with van der Waals surface area (Å²) in [6.45, 7) is 2.53. The largest absolute Gasteiger partial charge is 0.380 e. The summed E-state index contributed by atoms with van der Waals surface area (Å²) in [5, 5.41) is 5.16. The Kier molecular flexibility index (Phi) is 5.34. The summed E-state index contributed by atoms with van der Waals surface area (Å²) in [6, 6.07) is 2.33. The first kappa shape index (κ1) is 13.9. The fraction of sp³-hybridized carbons (Fsp3) is 0.364. The molecule has 0 spiro atoms. The zero-order valence-electron chi connectivity index (χ0n) is 9.32. The number of carbonyl (C=O) groups excluding carboxylic acids is 1. The normalized spacial score (nSPS) is 10.1. The molecule has 0 aromatic heterocycles. The molecule has 94 valence electrons. The van der Waals surface area contributed by atoms with E-state index in [1.807, 2.05) is 0 Å². The molecular formula is C11H13BrF2N2O. The summed E-state index contributed by atoms with van der Waals surface area (Å²) in [6.07, 6.45) is 0.169. The molecule has 0 aliphatic heterocycles. The van der Waals surface area contributed by atoms with Gasteiger partial charge in [0.15, 0.2) is 0 Å². The molecule has 1 aromatic carbocycles. The molecule has 0 radical (unpaired) electrons. The molecule has 0 aliphatic rings. The minimum atomic E-state index is -0.687. The molecule has 1 rings (SSSR count). The third-order valence-corrected chi connectivity index (χ3v) is 2.49. The maximum atomic E-state index is 13.4. The van der Waals surface area contributed by atoms with Crippen LogP contribution in [0.4, 0.5) is 14.5 Å². The molecule has 0 fully saturated rings. The van der Waals surface area contributed by atoms with Gasteiger partial charge < -0.3 is 10.6 Å². The number of benzene rings is 1. The SMILES string of the molecule is CCNC(=O)CCNc1c(F)cc(Br)cc1F. The van der Waals surface area contributed by atoms with Crippen LogP contribution in [0.2, 0.25) is 0 Å². The number of hydrogen-bond donors (Lipinski definition) is 2. The molecule has 0 saturated carbocycles. The highest BCUT2D eigenvalue weighted by Gasteiger charge is 2.10. The average Bonchev–Trinajstić information content (AvgIpc) is 2.22. The number of rotatable bonds is 5. The molecular weight excluding hydrogens is 294 g/mol. The van der Waals surface area contributed by atoms with Crippen molar-refractivity contribution in [3.63, 3.8) is 0 Å². The lowest BCUT2D eigenvalue weighted by atomic mass is 10.2. The van der Waals surface area contributed by atoms with E-state index in [1.54, 1.807) is 6.92 Å². The van der Waals surface area contributed by atoms with Crippen LogP contribution in [0.1, 0.15) is 13.3 Å². The first-order valence-corrected chi connectivity index (χ1v) is 5.99. The van der Waals surface area contributed by atoms with Gasteiger partial charge in [-0.15, -0.1) is 0 Å². The van der Waals surface area contributed by atoms with Gasteiger partial charge >= 0.3 is 0 Å². The lowest BCUT2D eigenvalue weighted by Crippen LogP contribution is -2.25. The van der Waals surface area contributed by atoms with Gasteiger partial charge in [-0.1, -0.05) is 15.9 Å². The lowest BCUT2D eigenvalue weighted by molar-refractivity contribution is -0.120. The Morgan fingerprint density at radius 3 is 2.47 bits per heavy atom. The predicted octanol–water partition coefficient (Wildman–Crippen LogP) is 2.67. The molecule has 1 aromatic rings. The zero-order valence-corrected chi connectivity index (χ0v) is 10.9. The lowest BCUT2D eigenvalue weighted by Gasteiger charge is -2.09. The van der Waals surface area contributed by atoms with Crippen molar-refractivity contribution >= 4 is 27.5 Å². The maximum absolute atomic E-state index is 13.4. The second-order valence-corrected chi connectivity index (χ2v) is 4.29.